The van der Waals surface area contributed by atoms with Crippen molar-refractivity contribution in [3.8, 4) is 6.07 Å². The van der Waals surface area contributed by atoms with E-state index in [4.69, 9.17) is 5.26 Å². The lowest BCUT2D eigenvalue weighted by Gasteiger charge is -2.19. The number of hydrogen-bond acceptors (Lipinski definition) is 3. The van der Waals surface area contributed by atoms with Crippen molar-refractivity contribution in [2.45, 2.75) is 6.92 Å². The molecule has 0 aromatic heterocycles. The number of para-hydroxylation sites is 1. The first-order valence-electron chi connectivity index (χ1n) is 6.78. The van der Waals surface area contributed by atoms with Crippen molar-refractivity contribution in [1.82, 2.24) is 0 Å². The molecule has 0 aliphatic rings. The van der Waals surface area contributed by atoms with Crippen molar-refractivity contribution >= 4 is 17.3 Å². The Bertz CT molecular complexity index is 671. The second kappa shape index (κ2) is 6.58. The molecule has 0 heterocycles. The second-order valence-corrected chi connectivity index (χ2v) is 4.60. The van der Waals surface area contributed by atoms with Gasteiger partial charge in [-0.05, 0) is 43.3 Å². The summed E-state index contributed by atoms with van der Waals surface area (Å²) in [5, 5.41) is 12.0. The van der Waals surface area contributed by atoms with E-state index >= 15 is 0 Å². The van der Waals surface area contributed by atoms with Crippen LogP contribution in [0.1, 0.15) is 22.8 Å². The highest BCUT2D eigenvalue weighted by Gasteiger charge is 2.16. The van der Waals surface area contributed by atoms with Crippen LogP contribution in [0.3, 0.4) is 0 Å². The monoisotopic (exact) mass is 279 g/mol. The van der Waals surface area contributed by atoms with Gasteiger partial charge in [-0.25, -0.2) is 0 Å². The summed E-state index contributed by atoms with van der Waals surface area (Å²) < 4.78 is 0. The fourth-order valence-corrected chi connectivity index (χ4v) is 2.07. The third-order valence-electron chi connectivity index (χ3n) is 3.21. The van der Waals surface area contributed by atoms with Crippen LogP contribution in [-0.2, 0) is 0 Å². The lowest BCUT2D eigenvalue weighted by atomic mass is 10.1. The minimum Gasteiger partial charge on any atom is -0.385 e. The van der Waals surface area contributed by atoms with Crippen LogP contribution in [0.5, 0.6) is 0 Å². The normalized spacial score (nSPS) is 9.76. The van der Waals surface area contributed by atoms with Gasteiger partial charge in [0.2, 0.25) is 0 Å². The van der Waals surface area contributed by atoms with Crippen molar-refractivity contribution in [1.29, 1.82) is 5.26 Å². The predicted octanol–water partition coefficient (Wildman–Crippen LogP) is 3.27. The maximum atomic E-state index is 12.6. The van der Waals surface area contributed by atoms with Crippen LogP contribution < -0.4 is 10.2 Å². The molecule has 2 aromatic carbocycles. The molecule has 0 saturated heterocycles. The summed E-state index contributed by atoms with van der Waals surface area (Å²) in [5.74, 6) is -0.0868. The second-order valence-electron chi connectivity index (χ2n) is 4.60. The molecule has 1 N–H and O–H groups in total. The Labute approximate surface area is 124 Å². The standard InChI is InChI=1S/C17H17N3O/c1-3-19-16-7-5-4-6-15(16)17(21)20(2)14-10-8-13(12-18)9-11-14/h4-11,19H,3H2,1-2H3. The van der Waals surface area contributed by atoms with E-state index in [1.807, 2.05) is 25.1 Å². The number of anilines is 2. The quantitative estimate of drug-likeness (QED) is 0.934. The number of carbonyl (C=O) groups excluding carboxylic acids is 1. The Hall–Kier alpha value is -2.80. The maximum Gasteiger partial charge on any atom is 0.260 e. The molecule has 106 valence electrons. The van der Waals surface area contributed by atoms with E-state index < -0.39 is 0 Å². The molecular formula is C17H17N3O. The van der Waals surface area contributed by atoms with Crippen LogP contribution in [0.2, 0.25) is 0 Å². The molecule has 0 radical (unpaired) electrons. The molecule has 0 fully saturated rings. The van der Waals surface area contributed by atoms with Gasteiger partial charge >= 0.3 is 0 Å². The maximum absolute atomic E-state index is 12.6. The third-order valence-corrected chi connectivity index (χ3v) is 3.21. The van der Waals surface area contributed by atoms with Crippen molar-refractivity contribution in [3.63, 3.8) is 0 Å². The highest BCUT2D eigenvalue weighted by atomic mass is 16.2. The third kappa shape index (κ3) is 3.21. The van der Waals surface area contributed by atoms with Gasteiger partial charge in [-0.3, -0.25) is 4.79 Å². The Morgan fingerprint density at radius 3 is 2.48 bits per heavy atom. The number of rotatable bonds is 4. The number of nitriles is 1. The van der Waals surface area contributed by atoms with Gasteiger partial charge < -0.3 is 10.2 Å². The van der Waals surface area contributed by atoms with E-state index in [1.54, 1.807) is 42.3 Å². The van der Waals surface area contributed by atoms with Crippen LogP contribution in [0.25, 0.3) is 0 Å². The average molecular weight is 279 g/mol. The molecule has 0 aliphatic heterocycles. The molecule has 0 aliphatic carbocycles. The zero-order valence-electron chi connectivity index (χ0n) is 12.1. The van der Waals surface area contributed by atoms with Crippen molar-refractivity contribution in [3.05, 3.63) is 59.7 Å². The van der Waals surface area contributed by atoms with Gasteiger partial charge in [0.15, 0.2) is 0 Å². The number of nitrogens with zero attached hydrogens (tertiary/aromatic N) is 2. The van der Waals surface area contributed by atoms with E-state index in [9.17, 15) is 4.79 Å². The zero-order chi connectivity index (χ0) is 15.2. The SMILES string of the molecule is CCNc1ccccc1C(=O)N(C)c1ccc(C#N)cc1. The fraction of sp³-hybridized carbons (Fsp3) is 0.176. The van der Waals surface area contributed by atoms with Gasteiger partial charge in [-0.2, -0.15) is 5.26 Å². The van der Waals surface area contributed by atoms with E-state index in [0.717, 1.165) is 17.9 Å². The smallest absolute Gasteiger partial charge is 0.260 e. The number of amides is 1. The van der Waals surface area contributed by atoms with Gasteiger partial charge in [0, 0.05) is 25.0 Å². The number of hydrogen-bond donors (Lipinski definition) is 1. The molecule has 0 unspecified atom stereocenters. The first-order valence-corrected chi connectivity index (χ1v) is 6.78. The van der Waals surface area contributed by atoms with Crippen molar-refractivity contribution in [2.24, 2.45) is 0 Å². The molecule has 4 heteroatoms. The highest BCUT2D eigenvalue weighted by Crippen LogP contribution is 2.21. The summed E-state index contributed by atoms with van der Waals surface area (Å²) in [5.41, 5.74) is 2.79. The van der Waals surface area contributed by atoms with Crippen LogP contribution in [0.4, 0.5) is 11.4 Å². The number of carbonyl (C=O) groups is 1. The Kier molecular flexibility index (Phi) is 4.57. The average Bonchev–Trinajstić information content (AvgIpc) is 2.54. The predicted molar refractivity (Wildman–Crippen MR) is 84.5 cm³/mol. The first-order chi connectivity index (χ1) is 10.2. The van der Waals surface area contributed by atoms with Crippen molar-refractivity contribution < 1.29 is 4.79 Å². The van der Waals surface area contributed by atoms with E-state index in [-0.39, 0.29) is 5.91 Å². The first kappa shape index (κ1) is 14.6. The summed E-state index contributed by atoms with van der Waals surface area (Å²) in [6, 6.07) is 16.5. The van der Waals surface area contributed by atoms with Gasteiger partial charge in [-0.15, -0.1) is 0 Å². The molecule has 0 bridgehead atoms. The number of benzene rings is 2. The van der Waals surface area contributed by atoms with E-state index in [1.165, 1.54) is 0 Å². The zero-order valence-corrected chi connectivity index (χ0v) is 12.1. The topological polar surface area (TPSA) is 56.1 Å². The Balaban J connectivity index is 2.28. The largest absolute Gasteiger partial charge is 0.385 e. The molecule has 2 rings (SSSR count). The minimum atomic E-state index is -0.0868. The number of nitrogens with one attached hydrogen (secondary N) is 1. The van der Waals surface area contributed by atoms with Gasteiger partial charge in [0.1, 0.15) is 0 Å². The molecule has 2 aromatic rings. The molecule has 0 saturated carbocycles. The Morgan fingerprint density at radius 2 is 1.86 bits per heavy atom. The summed E-state index contributed by atoms with van der Waals surface area (Å²) in [7, 11) is 1.73. The lowest BCUT2D eigenvalue weighted by molar-refractivity contribution is 0.0994. The van der Waals surface area contributed by atoms with E-state index in [0.29, 0.717) is 11.1 Å². The molecule has 21 heavy (non-hydrogen) atoms. The minimum absolute atomic E-state index is 0.0868. The molecule has 0 spiro atoms. The summed E-state index contributed by atoms with van der Waals surface area (Å²) >= 11 is 0. The Morgan fingerprint density at radius 1 is 1.19 bits per heavy atom. The fourth-order valence-electron chi connectivity index (χ4n) is 2.07. The highest BCUT2D eigenvalue weighted by molar-refractivity contribution is 6.09. The van der Waals surface area contributed by atoms with Crippen LogP contribution in [-0.4, -0.2) is 19.5 Å². The van der Waals surface area contributed by atoms with Gasteiger partial charge in [0.25, 0.3) is 5.91 Å². The molecule has 4 nitrogen and oxygen atoms in total. The summed E-state index contributed by atoms with van der Waals surface area (Å²) in [6.07, 6.45) is 0. The van der Waals surface area contributed by atoms with Crippen LogP contribution in [0, 0.1) is 11.3 Å². The van der Waals surface area contributed by atoms with Crippen molar-refractivity contribution in [2.75, 3.05) is 23.8 Å². The lowest BCUT2D eigenvalue weighted by Crippen LogP contribution is -2.27. The van der Waals surface area contributed by atoms with Crippen LogP contribution in [0.15, 0.2) is 48.5 Å². The molecule has 1 amide bonds. The van der Waals surface area contributed by atoms with Crippen LogP contribution >= 0.6 is 0 Å². The van der Waals surface area contributed by atoms with Gasteiger partial charge in [-0.1, -0.05) is 12.1 Å². The van der Waals surface area contributed by atoms with E-state index in [2.05, 4.69) is 11.4 Å². The summed E-state index contributed by atoms with van der Waals surface area (Å²) in [6.45, 7) is 2.75. The molecular weight excluding hydrogens is 262 g/mol. The van der Waals surface area contributed by atoms with Gasteiger partial charge in [0.05, 0.1) is 17.2 Å². The molecule has 0 atom stereocenters. The summed E-state index contributed by atoms with van der Waals surface area (Å²) in [4.78, 5) is 14.2.